The molecular weight excluding hydrogens is 422 g/mol. The van der Waals surface area contributed by atoms with E-state index in [1.54, 1.807) is 0 Å². The van der Waals surface area contributed by atoms with Crippen LogP contribution in [0.2, 0.25) is 0 Å². The maximum Gasteiger partial charge on any atom is 0.169 e. The average molecular weight is 454 g/mol. The molecule has 5 atom stereocenters. The molecule has 1 aliphatic rings. The van der Waals surface area contributed by atoms with Gasteiger partial charge in [-0.05, 0) is 29.5 Å². The van der Waals surface area contributed by atoms with Crippen LogP contribution in [0, 0.1) is 0 Å². The van der Waals surface area contributed by atoms with Gasteiger partial charge in [-0.2, -0.15) is 0 Å². The first-order valence-electron chi connectivity index (χ1n) is 11.1. The van der Waals surface area contributed by atoms with E-state index in [-0.39, 0.29) is 13.2 Å². The fraction of sp³-hybridized carbons (Fsp3) is 0.440. The Hall–Kier alpha value is -2.71. The van der Waals surface area contributed by atoms with Gasteiger partial charge in [-0.1, -0.05) is 71.9 Å². The summed E-state index contributed by atoms with van der Waals surface area (Å²) >= 11 is 0. The number of allylic oxidation sites excluding steroid dienone is 1. The monoisotopic (exact) mass is 453 g/mol. The van der Waals surface area contributed by atoms with Crippen LogP contribution in [0.15, 0.2) is 78.4 Å². The van der Waals surface area contributed by atoms with Crippen molar-refractivity contribution in [3.63, 3.8) is 0 Å². The van der Waals surface area contributed by atoms with Gasteiger partial charge in [0.25, 0.3) is 0 Å². The smallest absolute Gasteiger partial charge is 0.169 e. The van der Waals surface area contributed by atoms with Gasteiger partial charge in [-0.25, -0.2) is 0 Å². The molecule has 0 amide bonds. The van der Waals surface area contributed by atoms with Gasteiger partial charge in [-0.15, -0.1) is 6.58 Å². The van der Waals surface area contributed by atoms with E-state index in [1.807, 2.05) is 66.7 Å². The lowest BCUT2D eigenvalue weighted by Crippen LogP contribution is -2.59. The zero-order chi connectivity index (χ0) is 23.3. The zero-order valence-corrected chi connectivity index (χ0v) is 18.6. The molecule has 0 radical (unpaired) electrons. The van der Waals surface area contributed by atoms with E-state index in [2.05, 4.69) is 16.6 Å². The summed E-state index contributed by atoms with van der Waals surface area (Å²) in [5.41, 5.74) is 11.1. The van der Waals surface area contributed by atoms with E-state index >= 15 is 0 Å². The summed E-state index contributed by atoms with van der Waals surface area (Å²) in [7, 11) is 0. The molecule has 8 nitrogen and oxygen atoms in total. The average Bonchev–Trinajstić information content (AvgIpc) is 2.85. The number of aliphatic hydroxyl groups excluding tert-OH is 1. The quantitative estimate of drug-likeness (QED) is 0.158. The second kappa shape index (κ2) is 13.7. The van der Waals surface area contributed by atoms with Crippen LogP contribution in [0.5, 0.6) is 0 Å². The van der Waals surface area contributed by atoms with Gasteiger partial charge in [-0.3, -0.25) is 0 Å². The Balaban J connectivity index is 1.70. The van der Waals surface area contributed by atoms with Crippen molar-refractivity contribution in [2.75, 3.05) is 13.2 Å². The maximum atomic E-state index is 11.0. The fourth-order valence-corrected chi connectivity index (χ4v) is 3.62. The molecule has 0 unspecified atom stereocenters. The standard InChI is InChI=1S/C25H31N3O5/c1-2-3-10-15-31-25-22(27-28-26)24(32-17-20-13-8-5-9-14-20)23(29)21(33-25)18-30-16-19-11-6-4-7-12-19/h2,4-9,11-14,21-25,29H,1,3,10,15-18H2/t21-,22-,23-,24-,25-/m1/s1. The fourth-order valence-electron chi connectivity index (χ4n) is 3.62. The molecule has 8 heteroatoms. The predicted octanol–water partition coefficient (Wildman–Crippen LogP) is 4.54. The van der Waals surface area contributed by atoms with Crippen LogP contribution in [-0.2, 0) is 32.2 Å². The van der Waals surface area contributed by atoms with Crippen LogP contribution < -0.4 is 0 Å². The Morgan fingerprint density at radius 2 is 1.70 bits per heavy atom. The van der Waals surface area contributed by atoms with Gasteiger partial charge in [0.1, 0.15) is 18.2 Å². The molecule has 176 valence electrons. The molecule has 0 spiro atoms. The highest BCUT2D eigenvalue weighted by molar-refractivity contribution is 5.14. The molecular formula is C25H31N3O5. The number of benzene rings is 2. The molecule has 1 saturated heterocycles. The van der Waals surface area contributed by atoms with Crippen LogP contribution >= 0.6 is 0 Å². The van der Waals surface area contributed by atoms with Crippen LogP contribution in [0.25, 0.3) is 10.4 Å². The van der Waals surface area contributed by atoms with Gasteiger partial charge in [0.15, 0.2) is 6.29 Å². The Labute approximate surface area is 194 Å². The van der Waals surface area contributed by atoms with E-state index in [0.29, 0.717) is 13.2 Å². The minimum Gasteiger partial charge on any atom is -0.388 e. The molecule has 0 bridgehead atoms. The SMILES string of the molecule is C=CCCCO[C@@H]1O[C@H](COCc2ccccc2)[C@@H](O)[C@H](OCc2ccccc2)[C@H]1N=[N+]=[N-]. The Kier molecular flexibility index (Phi) is 10.4. The summed E-state index contributed by atoms with van der Waals surface area (Å²) in [6.45, 7) is 4.88. The molecule has 33 heavy (non-hydrogen) atoms. The number of rotatable bonds is 13. The summed E-state index contributed by atoms with van der Waals surface area (Å²) in [6.07, 6.45) is -0.0911. The summed E-state index contributed by atoms with van der Waals surface area (Å²) in [5, 5.41) is 14.9. The molecule has 2 aromatic carbocycles. The number of unbranched alkanes of at least 4 members (excludes halogenated alkanes) is 1. The molecule has 3 rings (SSSR count). The number of azide groups is 1. The lowest BCUT2D eigenvalue weighted by molar-refractivity contribution is -0.276. The van der Waals surface area contributed by atoms with Crippen LogP contribution in [-0.4, -0.2) is 49.0 Å². The summed E-state index contributed by atoms with van der Waals surface area (Å²) in [5.74, 6) is 0. The van der Waals surface area contributed by atoms with Gasteiger partial charge in [0.05, 0.1) is 32.5 Å². The predicted molar refractivity (Wildman–Crippen MR) is 124 cm³/mol. The van der Waals surface area contributed by atoms with Crippen LogP contribution in [0.4, 0.5) is 0 Å². The minimum absolute atomic E-state index is 0.136. The molecule has 0 aliphatic carbocycles. The normalized spacial score (nSPS) is 24.7. The highest BCUT2D eigenvalue weighted by Crippen LogP contribution is 2.28. The molecule has 1 heterocycles. The topological polar surface area (TPSA) is 106 Å². The van der Waals surface area contributed by atoms with Crippen molar-refractivity contribution >= 4 is 0 Å². The van der Waals surface area contributed by atoms with E-state index in [1.165, 1.54) is 0 Å². The van der Waals surface area contributed by atoms with Crippen molar-refractivity contribution in [2.45, 2.75) is 56.7 Å². The van der Waals surface area contributed by atoms with E-state index in [0.717, 1.165) is 24.0 Å². The van der Waals surface area contributed by atoms with Crippen molar-refractivity contribution in [3.8, 4) is 0 Å². The van der Waals surface area contributed by atoms with Gasteiger partial charge >= 0.3 is 0 Å². The molecule has 1 aliphatic heterocycles. The van der Waals surface area contributed by atoms with Crippen LogP contribution in [0.1, 0.15) is 24.0 Å². The Morgan fingerprint density at radius 3 is 2.33 bits per heavy atom. The summed E-state index contributed by atoms with van der Waals surface area (Å²) < 4.78 is 23.8. The third kappa shape index (κ3) is 7.68. The Morgan fingerprint density at radius 1 is 1.03 bits per heavy atom. The number of hydrogen-bond acceptors (Lipinski definition) is 6. The first-order chi connectivity index (χ1) is 16.2. The number of nitrogens with zero attached hydrogens (tertiary/aromatic N) is 3. The molecule has 0 saturated carbocycles. The lowest BCUT2D eigenvalue weighted by atomic mass is 9.97. The lowest BCUT2D eigenvalue weighted by Gasteiger charge is -2.42. The van der Waals surface area contributed by atoms with Gasteiger partial charge < -0.3 is 24.1 Å². The maximum absolute atomic E-state index is 11.0. The number of ether oxygens (including phenoxy) is 4. The molecule has 0 aromatic heterocycles. The van der Waals surface area contributed by atoms with Crippen molar-refractivity contribution in [1.82, 2.24) is 0 Å². The largest absolute Gasteiger partial charge is 0.388 e. The highest BCUT2D eigenvalue weighted by Gasteiger charge is 2.46. The highest BCUT2D eigenvalue weighted by atomic mass is 16.7. The third-order valence-corrected chi connectivity index (χ3v) is 5.34. The zero-order valence-electron chi connectivity index (χ0n) is 18.6. The summed E-state index contributed by atoms with van der Waals surface area (Å²) in [6, 6.07) is 18.5. The number of aliphatic hydroxyl groups is 1. The molecule has 1 N–H and O–H groups in total. The first-order valence-corrected chi connectivity index (χ1v) is 11.1. The van der Waals surface area contributed by atoms with Gasteiger partial charge in [0.2, 0.25) is 0 Å². The van der Waals surface area contributed by atoms with E-state index < -0.39 is 30.6 Å². The summed E-state index contributed by atoms with van der Waals surface area (Å²) in [4.78, 5) is 2.95. The molecule has 2 aromatic rings. The van der Waals surface area contributed by atoms with E-state index in [4.69, 9.17) is 24.5 Å². The Bertz CT molecular complexity index is 876. The minimum atomic E-state index is -1.06. The van der Waals surface area contributed by atoms with E-state index in [9.17, 15) is 5.11 Å². The van der Waals surface area contributed by atoms with Gasteiger partial charge in [0, 0.05) is 4.91 Å². The van der Waals surface area contributed by atoms with Crippen LogP contribution in [0.3, 0.4) is 0 Å². The molecule has 1 fully saturated rings. The second-order valence-electron chi connectivity index (χ2n) is 7.79. The van der Waals surface area contributed by atoms with Crippen molar-refractivity contribution in [2.24, 2.45) is 5.11 Å². The van der Waals surface area contributed by atoms with Crippen molar-refractivity contribution in [1.29, 1.82) is 0 Å². The number of hydrogen-bond donors (Lipinski definition) is 1. The second-order valence-corrected chi connectivity index (χ2v) is 7.79. The first kappa shape index (κ1) is 24.9. The van der Waals surface area contributed by atoms with Crippen molar-refractivity contribution < 1.29 is 24.1 Å². The third-order valence-electron chi connectivity index (χ3n) is 5.34. The van der Waals surface area contributed by atoms with Crippen molar-refractivity contribution in [3.05, 3.63) is 94.9 Å².